The van der Waals surface area contributed by atoms with Gasteiger partial charge in [-0.2, -0.15) is 11.3 Å². The van der Waals surface area contributed by atoms with Gasteiger partial charge >= 0.3 is 0 Å². The Morgan fingerprint density at radius 2 is 2.13 bits per heavy atom. The maximum atomic E-state index is 3.58. The Bertz CT molecular complexity index is 266. The minimum atomic E-state index is 0.687. The van der Waals surface area contributed by atoms with E-state index in [-0.39, 0.29) is 0 Å². The Balaban J connectivity index is 2.36. The van der Waals surface area contributed by atoms with E-state index in [1.807, 2.05) is 0 Å². The van der Waals surface area contributed by atoms with Crippen molar-refractivity contribution in [3.63, 3.8) is 0 Å². The minimum absolute atomic E-state index is 0.687. The largest absolute Gasteiger partial charge is 0.314 e. The standard InChI is InChI=1S/C12H20BrNS/c1-3-5-11(14-4-2)7-6-10-8-15-9-12(10)13/h8-9,11,14H,3-7H2,1-2H3. The number of nitrogens with one attached hydrogen (secondary N) is 1. The summed E-state index contributed by atoms with van der Waals surface area (Å²) in [6.45, 7) is 5.52. The predicted molar refractivity (Wildman–Crippen MR) is 72.7 cm³/mol. The maximum Gasteiger partial charge on any atom is 0.0314 e. The van der Waals surface area contributed by atoms with E-state index in [0.29, 0.717) is 6.04 Å². The minimum Gasteiger partial charge on any atom is -0.314 e. The summed E-state index contributed by atoms with van der Waals surface area (Å²) in [6.07, 6.45) is 4.98. The van der Waals surface area contributed by atoms with E-state index in [9.17, 15) is 0 Å². The molecule has 0 radical (unpaired) electrons. The molecule has 0 amide bonds. The SMILES string of the molecule is CCCC(CCc1cscc1Br)NCC. The van der Waals surface area contributed by atoms with Crippen molar-refractivity contribution in [2.45, 2.75) is 45.6 Å². The van der Waals surface area contributed by atoms with E-state index in [1.165, 1.54) is 35.7 Å². The normalized spacial score (nSPS) is 13.0. The number of hydrogen-bond acceptors (Lipinski definition) is 2. The number of aryl methyl sites for hydroxylation is 1. The molecule has 0 fully saturated rings. The summed E-state index contributed by atoms with van der Waals surface area (Å²) in [5.74, 6) is 0. The molecule has 1 aromatic heterocycles. The fraction of sp³-hybridized carbons (Fsp3) is 0.667. The molecule has 0 aliphatic rings. The van der Waals surface area contributed by atoms with Crippen LogP contribution >= 0.6 is 27.3 Å². The molecule has 0 aromatic carbocycles. The molecule has 1 aromatic rings. The molecule has 1 N–H and O–H groups in total. The average molecular weight is 290 g/mol. The Labute approximate surface area is 105 Å². The van der Waals surface area contributed by atoms with Gasteiger partial charge in [-0.15, -0.1) is 0 Å². The third-order valence-electron chi connectivity index (χ3n) is 2.58. The van der Waals surface area contributed by atoms with Gasteiger partial charge in [0, 0.05) is 15.9 Å². The van der Waals surface area contributed by atoms with Crippen LogP contribution in [0.1, 0.15) is 38.7 Å². The van der Waals surface area contributed by atoms with Crippen LogP contribution in [0, 0.1) is 0 Å². The van der Waals surface area contributed by atoms with E-state index in [4.69, 9.17) is 0 Å². The van der Waals surface area contributed by atoms with E-state index in [2.05, 4.69) is 45.9 Å². The Kier molecular flexibility index (Phi) is 6.53. The highest BCUT2D eigenvalue weighted by molar-refractivity contribution is 9.10. The highest BCUT2D eigenvalue weighted by Crippen LogP contribution is 2.23. The number of rotatable bonds is 7. The lowest BCUT2D eigenvalue weighted by Gasteiger charge is -2.16. The van der Waals surface area contributed by atoms with Crippen LogP contribution in [-0.4, -0.2) is 12.6 Å². The van der Waals surface area contributed by atoms with Crippen molar-refractivity contribution in [3.8, 4) is 0 Å². The van der Waals surface area contributed by atoms with Gasteiger partial charge in [-0.1, -0.05) is 20.3 Å². The summed E-state index contributed by atoms with van der Waals surface area (Å²) in [7, 11) is 0. The zero-order chi connectivity index (χ0) is 11.1. The molecule has 86 valence electrons. The van der Waals surface area contributed by atoms with Crippen molar-refractivity contribution < 1.29 is 0 Å². The van der Waals surface area contributed by atoms with Crippen molar-refractivity contribution in [1.29, 1.82) is 0 Å². The molecule has 0 bridgehead atoms. The first-order chi connectivity index (χ1) is 7.27. The molecule has 1 heterocycles. The second-order valence-electron chi connectivity index (χ2n) is 3.83. The number of hydrogen-bond donors (Lipinski definition) is 1. The summed E-state index contributed by atoms with van der Waals surface area (Å²) in [6, 6.07) is 0.687. The molecule has 1 nitrogen and oxygen atoms in total. The third kappa shape index (κ3) is 4.66. The first kappa shape index (κ1) is 13.2. The molecule has 3 heteroatoms. The smallest absolute Gasteiger partial charge is 0.0314 e. The lowest BCUT2D eigenvalue weighted by molar-refractivity contribution is 0.459. The quantitative estimate of drug-likeness (QED) is 0.792. The van der Waals surface area contributed by atoms with E-state index < -0.39 is 0 Å². The van der Waals surface area contributed by atoms with Crippen molar-refractivity contribution >= 4 is 27.3 Å². The van der Waals surface area contributed by atoms with Gasteiger partial charge in [-0.25, -0.2) is 0 Å². The van der Waals surface area contributed by atoms with Gasteiger partial charge in [0.2, 0.25) is 0 Å². The first-order valence-corrected chi connectivity index (χ1v) is 7.45. The van der Waals surface area contributed by atoms with Gasteiger partial charge in [-0.05, 0) is 52.7 Å². The maximum absolute atomic E-state index is 3.58. The molecule has 0 spiro atoms. The summed E-state index contributed by atoms with van der Waals surface area (Å²) in [5.41, 5.74) is 1.46. The highest BCUT2D eigenvalue weighted by Gasteiger charge is 2.08. The molecular weight excluding hydrogens is 270 g/mol. The van der Waals surface area contributed by atoms with Crippen molar-refractivity contribution in [1.82, 2.24) is 5.32 Å². The van der Waals surface area contributed by atoms with Gasteiger partial charge in [0.1, 0.15) is 0 Å². The molecule has 1 atom stereocenters. The Hall–Kier alpha value is 0.140. The van der Waals surface area contributed by atoms with Gasteiger partial charge in [0.25, 0.3) is 0 Å². The van der Waals surface area contributed by atoms with Crippen LogP contribution in [0.5, 0.6) is 0 Å². The Morgan fingerprint density at radius 3 is 2.67 bits per heavy atom. The van der Waals surface area contributed by atoms with E-state index in [0.717, 1.165) is 6.54 Å². The van der Waals surface area contributed by atoms with E-state index >= 15 is 0 Å². The van der Waals surface area contributed by atoms with Crippen molar-refractivity contribution in [2.24, 2.45) is 0 Å². The first-order valence-electron chi connectivity index (χ1n) is 5.71. The van der Waals surface area contributed by atoms with Crippen LogP contribution < -0.4 is 5.32 Å². The monoisotopic (exact) mass is 289 g/mol. The summed E-state index contributed by atoms with van der Waals surface area (Å²) >= 11 is 5.36. The second-order valence-corrected chi connectivity index (χ2v) is 5.42. The van der Waals surface area contributed by atoms with Crippen LogP contribution in [0.15, 0.2) is 15.2 Å². The topological polar surface area (TPSA) is 12.0 Å². The van der Waals surface area contributed by atoms with Gasteiger partial charge in [0.05, 0.1) is 0 Å². The molecule has 1 rings (SSSR count). The number of thiophene rings is 1. The summed E-state index contributed by atoms with van der Waals surface area (Å²) < 4.78 is 1.28. The lowest BCUT2D eigenvalue weighted by Crippen LogP contribution is -2.29. The molecule has 0 saturated heterocycles. The zero-order valence-electron chi connectivity index (χ0n) is 9.55. The van der Waals surface area contributed by atoms with Crippen molar-refractivity contribution in [2.75, 3.05) is 6.54 Å². The lowest BCUT2D eigenvalue weighted by atomic mass is 10.0. The average Bonchev–Trinajstić information content (AvgIpc) is 2.61. The van der Waals surface area contributed by atoms with Gasteiger partial charge in [0.15, 0.2) is 0 Å². The highest BCUT2D eigenvalue weighted by atomic mass is 79.9. The molecule has 15 heavy (non-hydrogen) atoms. The molecule has 0 aliphatic carbocycles. The fourth-order valence-corrected chi connectivity index (χ4v) is 3.34. The van der Waals surface area contributed by atoms with Crippen LogP contribution in [0.4, 0.5) is 0 Å². The zero-order valence-corrected chi connectivity index (χ0v) is 12.0. The summed E-state index contributed by atoms with van der Waals surface area (Å²) in [4.78, 5) is 0. The van der Waals surface area contributed by atoms with Gasteiger partial charge in [-0.3, -0.25) is 0 Å². The van der Waals surface area contributed by atoms with Gasteiger partial charge < -0.3 is 5.32 Å². The fourth-order valence-electron chi connectivity index (χ4n) is 1.80. The predicted octanol–water partition coefficient (Wildman–Crippen LogP) is 4.22. The van der Waals surface area contributed by atoms with Crippen LogP contribution in [0.25, 0.3) is 0 Å². The van der Waals surface area contributed by atoms with Crippen LogP contribution in [0.3, 0.4) is 0 Å². The van der Waals surface area contributed by atoms with E-state index in [1.54, 1.807) is 11.3 Å². The van der Waals surface area contributed by atoms with Crippen molar-refractivity contribution in [3.05, 3.63) is 20.8 Å². The molecule has 0 aliphatic heterocycles. The number of halogens is 1. The Morgan fingerprint density at radius 1 is 1.33 bits per heavy atom. The third-order valence-corrected chi connectivity index (χ3v) is 4.41. The summed E-state index contributed by atoms with van der Waals surface area (Å²) in [5, 5.41) is 7.97. The molecule has 1 unspecified atom stereocenters. The second kappa shape index (κ2) is 7.42. The molecular formula is C12H20BrNS. The van der Waals surface area contributed by atoms with Crippen LogP contribution in [-0.2, 0) is 6.42 Å². The van der Waals surface area contributed by atoms with Crippen LogP contribution in [0.2, 0.25) is 0 Å². The molecule has 0 saturated carbocycles.